The molecular weight excluding hydrogens is 542 g/mol. The average molecular weight is 624 g/mol. The number of rotatable bonds is 37. The lowest BCUT2D eigenvalue weighted by Crippen LogP contribution is -2.44. The van der Waals surface area contributed by atoms with Crippen molar-refractivity contribution in [3.8, 4) is 0 Å². The fourth-order valence-corrected chi connectivity index (χ4v) is 6.63. The number of nitrogens with one attached hydrogen (secondary N) is 1. The van der Waals surface area contributed by atoms with Gasteiger partial charge in [-0.15, -0.1) is 0 Å². The summed E-state index contributed by atoms with van der Waals surface area (Å²) in [5.41, 5.74) is 0. The monoisotopic (exact) mass is 624 g/mol. The third-order valence-corrected chi connectivity index (χ3v) is 9.65. The molecule has 0 aliphatic rings. The van der Waals surface area contributed by atoms with Crippen LogP contribution < -0.4 is 5.32 Å². The summed E-state index contributed by atoms with van der Waals surface area (Å²) in [6.07, 6.45) is 46.4. The predicted molar refractivity (Wildman–Crippen MR) is 193 cm³/mol. The first-order chi connectivity index (χ1) is 21.6. The second-order valence-corrected chi connectivity index (χ2v) is 14.2. The van der Waals surface area contributed by atoms with E-state index < -0.39 is 12.1 Å². The van der Waals surface area contributed by atoms with E-state index in [9.17, 15) is 15.0 Å². The van der Waals surface area contributed by atoms with Crippen molar-refractivity contribution in [2.45, 2.75) is 244 Å². The van der Waals surface area contributed by atoms with Gasteiger partial charge in [-0.3, -0.25) is 4.79 Å². The minimum Gasteiger partial charge on any atom is -0.394 e. The lowest BCUT2D eigenvalue weighted by Gasteiger charge is -2.21. The number of aliphatic hydroxyl groups excluding tert-OH is 2. The van der Waals surface area contributed by atoms with Crippen LogP contribution in [0.4, 0.5) is 0 Å². The van der Waals surface area contributed by atoms with Gasteiger partial charge in [0.05, 0.1) is 18.8 Å². The van der Waals surface area contributed by atoms with Crippen LogP contribution in [0.1, 0.15) is 232 Å². The Morgan fingerprint density at radius 2 is 0.682 bits per heavy atom. The van der Waals surface area contributed by atoms with Gasteiger partial charge in [-0.1, -0.05) is 219 Å². The van der Waals surface area contributed by atoms with Crippen LogP contribution in [0.5, 0.6) is 0 Å². The van der Waals surface area contributed by atoms with Gasteiger partial charge in [0.1, 0.15) is 0 Å². The van der Waals surface area contributed by atoms with Gasteiger partial charge in [-0.2, -0.15) is 0 Å². The van der Waals surface area contributed by atoms with Gasteiger partial charge < -0.3 is 15.5 Å². The molecule has 0 aliphatic heterocycles. The highest BCUT2D eigenvalue weighted by atomic mass is 16.3. The van der Waals surface area contributed by atoms with Crippen molar-refractivity contribution in [2.75, 3.05) is 6.61 Å². The van der Waals surface area contributed by atoms with Crippen molar-refractivity contribution in [2.24, 2.45) is 0 Å². The second-order valence-electron chi connectivity index (χ2n) is 14.2. The first-order valence-electron chi connectivity index (χ1n) is 20.2. The zero-order chi connectivity index (χ0) is 32.2. The smallest absolute Gasteiger partial charge is 0.217 e. The van der Waals surface area contributed by atoms with Gasteiger partial charge in [-0.05, 0) is 6.42 Å². The van der Waals surface area contributed by atoms with E-state index in [1.807, 2.05) is 0 Å². The van der Waals surface area contributed by atoms with Gasteiger partial charge in [-0.25, -0.2) is 0 Å². The third-order valence-electron chi connectivity index (χ3n) is 9.65. The van der Waals surface area contributed by atoms with E-state index in [1.165, 1.54) is 206 Å². The maximum Gasteiger partial charge on any atom is 0.217 e. The Hall–Kier alpha value is -0.610. The maximum atomic E-state index is 11.1. The van der Waals surface area contributed by atoms with Crippen LogP contribution in [0.2, 0.25) is 0 Å². The Morgan fingerprint density at radius 3 is 0.886 bits per heavy atom. The molecule has 0 fully saturated rings. The van der Waals surface area contributed by atoms with E-state index in [2.05, 4.69) is 12.2 Å². The molecule has 0 aromatic heterocycles. The van der Waals surface area contributed by atoms with Crippen molar-refractivity contribution in [3.05, 3.63) is 0 Å². The number of amides is 1. The van der Waals surface area contributed by atoms with E-state index in [0.717, 1.165) is 12.8 Å². The van der Waals surface area contributed by atoms with Gasteiger partial charge in [0.15, 0.2) is 0 Å². The molecule has 0 aromatic rings. The molecule has 264 valence electrons. The second kappa shape index (κ2) is 36.9. The van der Waals surface area contributed by atoms with Gasteiger partial charge in [0.25, 0.3) is 0 Å². The largest absolute Gasteiger partial charge is 0.394 e. The number of carbonyl (C=O) groups excluding carboxylic acids is 1. The third kappa shape index (κ3) is 34.3. The van der Waals surface area contributed by atoms with Gasteiger partial charge in [0.2, 0.25) is 5.91 Å². The Kier molecular flexibility index (Phi) is 36.3. The maximum absolute atomic E-state index is 11.1. The molecule has 0 heterocycles. The van der Waals surface area contributed by atoms with Gasteiger partial charge in [0, 0.05) is 6.92 Å². The Balaban J connectivity index is 3.15. The molecule has 1 amide bonds. The topological polar surface area (TPSA) is 69.6 Å². The molecule has 0 bridgehead atoms. The fraction of sp³-hybridized carbons (Fsp3) is 0.975. The van der Waals surface area contributed by atoms with Crippen LogP contribution in [-0.2, 0) is 4.79 Å². The summed E-state index contributed by atoms with van der Waals surface area (Å²) >= 11 is 0. The lowest BCUT2D eigenvalue weighted by molar-refractivity contribution is -0.121. The van der Waals surface area contributed by atoms with Crippen LogP contribution in [0, 0.1) is 0 Å². The molecule has 4 heteroatoms. The van der Waals surface area contributed by atoms with E-state index in [0.29, 0.717) is 6.42 Å². The Morgan fingerprint density at radius 1 is 0.455 bits per heavy atom. The molecule has 0 radical (unpaired) electrons. The molecule has 0 saturated carbocycles. The first-order valence-corrected chi connectivity index (χ1v) is 20.2. The highest BCUT2D eigenvalue weighted by molar-refractivity contribution is 5.73. The standard InChI is InChI=1S/C40H81NO3/c1-3-4-5-6-7-8-9-10-11-12-13-14-15-16-17-18-19-20-21-22-23-24-25-26-27-28-29-30-31-32-33-34-35-36-40(44)39(37-42)41-38(2)43/h39-40,42,44H,3-37H2,1-2H3,(H,41,43). The quantitative estimate of drug-likeness (QED) is 0.0603. The molecule has 0 spiro atoms. The van der Waals surface area contributed by atoms with Crippen LogP contribution in [0.25, 0.3) is 0 Å². The zero-order valence-corrected chi connectivity index (χ0v) is 30.2. The van der Waals surface area contributed by atoms with Crippen molar-refractivity contribution >= 4 is 5.91 Å². The zero-order valence-electron chi connectivity index (χ0n) is 30.2. The van der Waals surface area contributed by atoms with Crippen molar-refractivity contribution in [1.82, 2.24) is 5.32 Å². The highest BCUT2D eigenvalue weighted by Gasteiger charge is 2.18. The van der Waals surface area contributed by atoms with Crippen molar-refractivity contribution in [1.29, 1.82) is 0 Å². The van der Waals surface area contributed by atoms with Crippen LogP contribution in [-0.4, -0.2) is 34.9 Å². The summed E-state index contributed by atoms with van der Waals surface area (Å²) in [5, 5.41) is 22.0. The van der Waals surface area contributed by atoms with Crippen molar-refractivity contribution < 1.29 is 15.0 Å². The van der Waals surface area contributed by atoms with E-state index in [4.69, 9.17) is 0 Å². The molecule has 2 atom stereocenters. The molecule has 2 unspecified atom stereocenters. The minimum atomic E-state index is -0.651. The molecule has 0 saturated heterocycles. The van der Waals surface area contributed by atoms with Crippen LogP contribution >= 0.6 is 0 Å². The van der Waals surface area contributed by atoms with E-state index >= 15 is 0 Å². The summed E-state index contributed by atoms with van der Waals surface area (Å²) in [6.45, 7) is 3.51. The number of unbranched alkanes of at least 4 members (excludes halogenated alkanes) is 32. The summed E-state index contributed by atoms with van der Waals surface area (Å²) in [5.74, 6) is -0.204. The molecule has 4 nitrogen and oxygen atoms in total. The van der Waals surface area contributed by atoms with E-state index in [1.54, 1.807) is 0 Å². The Bertz CT molecular complexity index is 555. The first kappa shape index (κ1) is 43.4. The van der Waals surface area contributed by atoms with E-state index in [-0.39, 0.29) is 12.5 Å². The summed E-state index contributed by atoms with van der Waals surface area (Å²) in [4.78, 5) is 11.1. The minimum absolute atomic E-state index is 0.204. The number of aliphatic hydroxyl groups is 2. The Labute approximate surface area is 276 Å². The SMILES string of the molecule is CCCCCCCCCCCCCCCCCCCCCCCCCCCCCCCCCCCC(O)C(CO)NC(C)=O. The van der Waals surface area contributed by atoms with Crippen LogP contribution in [0.3, 0.4) is 0 Å². The number of hydrogen-bond donors (Lipinski definition) is 3. The predicted octanol–water partition coefficient (Wildman–Crippen LogP) is 12.1. The highest BCUT2D eigenvalue weighted by Crippen LogP contribution is 2.17. The summed E-state index contributed by atoms with van der Waals surface area (Å²) in [6, 6.07) is -0.532. The molecule has 3 N–H and O–H groups in total. The normalized spacial score (nSPS) is 12.9. The molecule has 0 aromatic carbocycles. The summed E-state index contributed by atoms with van der Waals surface area (Å²) in [7, 11) is 0. The average Bonchev–Trinajstić information content (AvgIpc) is 3.01. The summed E-state index contributed by atoms with van der Waals surface area (Å²) < 4.78 is 0. The van der Waals surface area contributed by atoms with Gasteiger partial charge >= 0.3 is 0 Å². The molecule has 0 rings (SSSR count). The molecular formula is C40H81NO3. The number of hydrogen-bond acceptors (Lipinski definition) is 3. The lowest BCUT2D eigenvalue weighted by atomic mass is 10.0. The molecule has 44 heavy (non-hydrogen) atoms. The van der Waals surface area contributed by atoms with Crippen LogP contribution in [0.15, 0.2) is 0 Å². The molecule has 0 aliphatic carbocycles. The number of carbonyl (C=O) groups is 1. The van der Waals surface area contributed by atoms with Crippen molar-refractivity contribution in [3.63, 3.8) is 0 Å². The fourth-order valence-electron chi connectivity index (χ4n) is 6.63.